The minimum absolute atomic E-state index is 0. The summed E-state index contributed by atoms with van der Waals surface area (Å²) >= 11 is 0. The van der Waals surface area contributed by atoms with E-state index in [9.17, 15) is 19.8 Å². The summed E-state index contributed by atoms with van der Waals surface area (Å²) in [6, 6.07) is 13.5. The molecule has 0 radical (unpaired) electrons. The van der Waals surface area contributed by atoms with Gasteiger partial charge in [-0.1, -0.05) is 48.5 Å². The molecule has 0 unspecified atom stereocenters. The second-order valence-electron chi connectivity index (χ2n) is 4.20. The molecule has 104 valence electrons. The molecule has 0 fully saturated rings. The van der Waals surface area contributed by atoms with Crippen LogP contribution in [0.25, 0.3) is 0 Å². The Labute approximate surface area is 139 Å². The molecule has 0 aromatic heterocycles. The summed E-state index contributed by atoms with van der Waals surface area (Å²) in [6.45, 7) is 3.48. The minimum Gasteiger partial charge on any atom is -0.545 e. The van der Waals surface area contributed by atoms with Crippen LogP contribution >= 0.6 is 0 Å². The molecule has 2 aromatic rings. The van der Waals surface area contributed by atoms with Gasteiger partial charge < -0.3 is 19.8 Å². The van der Waals surface area contributed by atoms with Gasteiger partial charge >= 0.3 is 23.1 Å². The van der Waals surface area contributed by atoms with Gasteiger partial charge in [-0.3, -0.25) is 0 Å². The Morgan fingerprint density at radius 1 is 0.714 bits per heavy atom. The van der Waals surface area contributed by atoms with Gasteiger partial charge in [0.1, 0.15) is 0 Å². The zero-order valence-corrected chi connectivity index (χ0v) is 13.4. The Hall–Kier alpha value is -1.85. The van der Waals surface area contributed by atoms with Gasteiger partial charge in [0, 0.05) is 11.1 Å². The smallest absolute Gasteiger partial charge is 0.545 e. The van der Waals surface area contributed by atoms with Gasteiger partial charge in [-0.05, 0) is 25.0 Å². The number of rotatable bonds is 2. The van der Waals surface area contributed by atoms with Crippen LogP contribution in [0.3, 0.4) is 0 Å². The van der Waals surface area contributed by atoms with Crippen molar-refractivity contribution in [1.82, 2.24) is 0 Å². The van der Waals surface area contributed by atoms with Crippen LogP contribution in [0.4, 0.5) is 0 Å². The number of carboxylic acid groups (broad SMARTS) is 2. The van der Waals surface area contributed by atoms with E-state index < -0.39 is 11.9 Å². The first-order chi connectivity index (χ1) is 9.43. The third kappa shape index (κ3) is 5.97. The zero-order valence-electron chi connectivity index (χ0n) is 12.0. The first-order valence-corrected chi connectivity index (χ1v) is 5.97. The van der Waals surface area contributed by atoms with Crippen molar-refractivity contribution in [2.45, 2.75) is 13.8 Å². The molecule has 2 aromatic carbocycles. The Bertz CT molecular complexity index is 568. The summed E-state index contributed by atoms with van der Waals surface area (Å²) < 4.78 is 0. The molecule has 0 atom stereocenters. The third-order valence-electron chi connectivity index (χ3n) is 2.73. The number of hydrogen-bond donors (Lipinski definition) is 0. The second-order valence-corrected chi connectivity index (χ2v) is 4.20. The average molecular weight is 295 g/mol. The summed E-state index contributed by atoms with van der Waals surface area (Å²) in [6.07, 6.45) is 0. The molecule has 2 rings (SSSR count). The molecule has 0 saturated heterocycles. The maximum absolute atomic E-state index is 10.3. The molecule has 0 heterocycles. The second kappa shape index (κ2) is 9.15. The van der Waals surface area contributed by atoms with E-state index >= 15 is 0 Å². The van der Waals surface area contributed by atoms with Crippen LogP contribution in [0, 0.1) is 13.8 Å². The molecule has 0 aliphatic carbocycles. The SMILES string of the molecule is Cc1ccccc1C(=O)[O-].Cc1ccccc1C(=O)[O-].[Mg+2]. The molecular formula is C16H14MgO4. The summed E-state index contributed by atoms with van der Waals surface area (Å²) in [5, 5.41) is 20.6. The maximum Gasteiger partial charge on any atom is 2.00 e. The monoisotopic (exact) mass is 294 g/mol. The fraction of sp³-hybridized carbons (Fsp3) is 0.125. The first kappa shape index (κ1) is 19.1. The number of carboxylic acids is 2. The number of aromatic carboxylic acids is 2. The molecule has 0 aliphatic heterocycles. The third-order valence-corrected chi connectivity index (χ3v) is 2.73. The van der Waals surface area contributed by atoms with E-state index in [1.165, 1.54) is 12.1 Å². The van der Waals surface area contributed by atoms with Crippen molar-refractivity contribution in [3.05, 3.63) is 70.8 Å². The topological polar surface area (TPSA) is 80.3 Å². The number of carbonyl (C=O) groups is 2. The fourth-order valence-electron chi connectivity index (χ4n) is 1.60. The van der Waals surface area contributed by atoms with Gasteiger partial charge in [-0.15, -0.1) is 0 Å². The Kier molecular flexibility index (Phi) is 8.34. The molecule has 5 heteroatoms. The van der Waals surface area contributed by atoms with E-state index in [0.717, 1.165) is 11.1 Å². The largest absolute Gasteiger partial charge is 2.00 e. The number of hydrogen-bond acceptors (Lipinski definition) is 4. The van der Waals surface area contributed by atoms with Gasteiger partial charge in [0.15, 0.2) is 0 Å². The van der Waals surface area contributed by atoms with Gasteiger partial charge in [0.2, 0.25) is 0 Å². The van der Waals surface area contributed by atoms with Crippen LogP contribution in [0.5, 0.6) is 0 Å². The van der Waals surface area contributed by atoms with Crippen molar-refractivity contribution >= 4 is 35.0 Å². The van der Waals surface area contributed by atoms with Crippen molar-refractivity contribution in [1.29, 1.82) is 0 Å². The molecule has 0 aliphatic rings. The van der Waals surface area contributed by atoms with E-state index in [-0.39, 0.29) is 34.2 Å². The van der Waals surface area contributed by atoms with Crippen molar-refractivity contribution in [3.63, 3.8) is 0 Å². The molecule has 21 heavy (non-hydrogen) atoms. The number of benzene rings is 2. The summed E-state index contributed by atoms with van der Waals surface area (Å²) in [7, 11) is 0. The molecular weight excluding hydrogens is 280 g/mol. The molecule has 4 nitrogen and oxygen atoms in total. The van der Waals surface area contributed by atoms with Crippen molar-refractivity contribution < 1.29 is 19.8 Å². The van der Waals surface area contributed by atoms with Crippen molar-refractivity contribution in [2.24, 2.45) is 0 Å². The molecule has 0 amide bonds. The Morgan fingerprint density at radius 2 is 1.00 bits per heavy atom. The van der Waals surface area contributed by atoms with E-state index in [1.54, 1.807) is 50.2 Å². The standard InChI is InChI=1S/2C8H8O2.Mg/c2*1-6-4-2-3-5-7(6)8(9)10;/h2*2-5H,1H3,(H,9,10);/q;;+2/p-2. The van der Waals surface area contributed by atoms with Gasteiger partial charge in [-0.2, -0.15) is 0 Å². The van der Waals surface area contributed by atoms with Gasteiger partial charge in [-0.25, -0.2) is 0 Å². The summed E-state index contributed by atoms with van der Waals surface area (Å²) in [5.41, 5.74) is 2.01. The van der Waals surface area contributed by atoms with Crippen LogP contribution in [-0.4, -0.2) is 35.0 Å². The average Bonchev–Trinajstić information content (AvgIpc) is 2.40. The van der Waals surface area contributed by atoms with Gasteiger partial charge in [0.05, 0.1) is 11.9 Å². The molecule has 0 N–H and O–H groups in total. The zero-order chi connectivity index (χ0) is 15.1. The summed E-state index contributed by atoms with van der Waals surface area (Å²) in [5.74, 6) is -2.23. The van der Waals surface area contributed by atoms with E-state index in [2.05, 4.69) is 0 Å². The fourth-order valence-corrected chi connectivity index (χ4v) is 1.60. The predicted molar refractivity (Wildman–Crippen MR) is 76.8 cm³/mol. The Balaban J connectivity index is 0.000000364. The van der Waals surface area contributed by atoms with Gasteiger partial charge in [0.25, 0.3) is 0 Å². The van der Waals surface area contributed by atoms with Crippen molar-refractivity contribution in [2.75, 3.05) is 0 Å². The van der Waals surface area contributed by atoms with Crippen LogP contribution in [0.1, 0.15) is 31.8 Å². The van der Waals surface area contributed by atoms with Crippen LogP contribution < -0.4 is 10.2 Å². The molecule has 0 spiro atoms. The summed E-state index contributed by atoms with van der Waals surface area (Å²) in [4.78, 5) is 20.6. The maximum atomic E-state index is 10.3. The minimum atomic E-state index is -1.11. The van der Waals surface area contributed by atoms with Crippen LogP contribution in [0.15, 0.2) is 48.5 Å². The molecule has 0 bridgehead atoms. The first-order valence-electron chi connectivity index (χ1n) is 5.97. The van der Waals surface area contributed by atoms with Crippen LogP contribution in [-0.2, 0) is 0 Å². The van der Waals surface area contributed by atoms with E-state index in [1.807, 2.05) is 0 Å². The van der Waals surface area contributed by atoms with E-state index in [0.29, 0.717) is 0 Å². The van der Waals surface area contributed by atoms with Crippen LogP contribution in [0.2, 0.25) is 0 Å². The normalized spacial score (nSPS) is 8.86. The molecule has 0 saturated carbocycles. The van der Waals surface area contributed by atoms with E-state index in [4.69, 9.17) is 0 Å². The number of aryl methyl sites for hydroxylation is 2. The number of carbonyl (C=O) groups excluding carboxylic acids is 2. The van der Waals surface area contributed by atoms with Crippen molar-refractivity contribution in [3.8, 4) is 0 Å². The predicted octanol–water partition coefficient (Wildman–Crippen LogP) is 0.336. The Morgan fingerprint density at radius 3 is 1.19 bits per heavy atom. The quantitative estimate of drug-likeness (QED) is 0.748.